The zero-order chi connectivity index (χ0) is 32.6. The van der Waals surface area contributed by atoms with Crippen LogP contribution in [0.3, 0.4) is 0 Å². The fraction of sp³-hybridized carbons (Fsp3) is 0.529. The Morgan fingerprint density at radius 2 is 1.73 bits per heavy atom. The molecule has 1 atom stereocenters. The first-order chi connectivity index (χ1) is 21.2. The van der Waals surface area contributed by atoms with E-state index in [2.05, 4.69) is 67.5 Å². The van der Waals surface area contributed by atoms with Crippen LogP contribution in [0.4, 0.5) is 8.78 Å². The highest BCUT2D eigenvalue weighted by Gasteiger charge is 2.52. The summed E-state index contributed by atoms with van der Waals surface area (Å²) < 4.78 is 28.3. The molecule has 240 valence electrons. The number of carbonyl (C=O) groups excluding carboxylic acids is 2. The molecule has 0 unspecified atom stereocenters. The second-order valence-electron chi connectivity index (χ2n) is 14.6. The van der Waals surface area contributed by atoms with E-state index in [-0.39, 0.29) is 46.5 Å². The van der Waals surface area contributed by atoms with E-state index in [1.54, 1.807) is 12.1 Å². The molecule has 11 heteroatoms. The molecule has 2 amide bonds. The molecule has 2 aromatic carbocycles. The van der Waals surface area contributed by atoms with Crippen LogP contribution < -0.4 is 5.32 Å². The summed E-state index contributed by atoms with van der Waals surface area (Å²) in [6, 6.07) is 10.5. The van der Waals surface area contributed by atoms with Gasteiger partial charge < -0.3 is 10.2 Å². The first kappa shape index (κ1) is 32.4. The second-order valence-corrected chi connectivity index (χ2v) is 14.6. The number of H-pyrrole nitrogens is 1. The zero-order valence-electron chi connectivity index (χ0n) is 27.0. The van der Waals surface area contributed by atoms with Crippen LogP contribution in [-0.2, 0) is 11.3 Å². The molecule has 1 spiro atoms. The number of nitrogens with zero attached hydrogens (tertiary/aromatic N) is 5. The Balaban J connectivity index is 1.50. The fourth-order valence-electron chi connectivity index (χ4n) is 6.56. The molecule has 2 heterocycles. The minimum absolute atomic E-state index is 0.00314. The number of aliphatic imine (C=N–C) groups is 1. The summed E-state index contributed by atoms with van der Waals surface area (Å²) in [7, 11) is 0. The summed E-state index contributed by atoms with van der Waals surface area (Å²) in [6.45, 7) is 13.4. The molecular formula is C34H43F2N7O2. The van der Waals surface area contributed by atoms with Gasteiger partial charge in [0, 0.05) is 11.1 Å². The highest BCUT2D eigenvalue weighted by Crippen LogP contribution is 2.50. The van der Waals surface area contributed by atoms with Gasteiger partial charge in [-0.15, -0.1) is 10.2 Å². The molecule has 1 aromatic heterocycles. The van der Waals surface area contributed by atoms with Crippen molar-refractivity contribution in [2.24, 2.45) is 21.7 Å². The van der Waals surface area contributed by atoms with E-state index in [0.717, 1.165) is 37.0 Å². The van der Waals surface area contributed by atoms with Crippen molar-refractivity contribution in [3.8, 4) is 0 Å². The number of tetrazole rings is 1. The van der Waals surface area contributed by atoms with Crippen molar-refractivity contribution in [1.29, 1.82) is 0 Å². The first-order valence-corrected chi connectivity index (χ1v) is 15.7. The second kappa shape index (κ2) is 12.4. The van der Waals surface area contributed by atoms with E-state index in [1.165, 1.54) is 6.07 Å². The molecule has 1 saturated carbocycles. The number of rotatable bonds is 8. The van der Waals surface area contributed by atoms with E-state index >= 15 is 0 Å². The highest BCUT2D eigenvalue weighted by molar-refractivity contribution is 6.46. The summed E-state index contributed by atoms with van der Waals surface area (Å²) in [5.74, 6) is -1.69. The maximum atomic E-state index is 14.5. The molecule has 0 radical (unpaired) electrons. The van der Waals surface area contributed by atoms with Gasteiger partial charge in [-0.2, -0.15) is 5.21 Å². The van der Waals surface area contributed by atoms with Crippen LogP contribution in [0.15, 0.2) is 47.5 Å². The van der Waals surface area contributed by atoms with Crippen molar-refractivity contribution >= 4 is 17.5 Å². The molecule has 1 aliphatic carbocycles. The largest absolute Gasteiger partial charge is 0.345 e. The predicted octanol–water partition coefficient (Wildman–Crippen LogP) is 6.54. The molecule has 5 rings (SSSR count). The SMILES string of the molecule is CC(C)(C)CC[C@H](c1ccc(C(=O)NCc2nn[nH]n2)cc1)N1C(=O)C(c2ccc(F)c(F)c2)=NC12CCC(C(C)(C)C)CC2. The predicted molar refractivity (Wildman–Crippen MR) is 167 cm³/mol. The van der Waals surface area contributed by atoms with Crippen LogP contribution in [0, 0.1) is 28.4 Å². The maximum Gasteiger partial charge on any atom is 0.275 e. The zero-order valence-corrected chi connectivity index (χ0v) is 27.0. The average molecular weight is 620 g/mol. The lowest BCUT2D eigenvalue weighted by molar-refractivity contribution is -0.134. The van der Waals surface area contributed by atoms with Crippen LogP contribution in [0.25, 0.3) is 0 Å². The lowest BCUT2D eigenvalue weighted by Crippen LogP contribution is -2.51. The lowest BCUT2D eigenvalue weighted by Gasteiger charge is -2.47. The van der Waals surface area contributed by atoms with Gasteiger partial charge in [-0.1, -0.05) is 58.9 Å². The summed E-state index contributed by atoms with van der Waals surface area (Å²) >= 11 is 0. The minimum Gasteiger partial charge on any atom is -0.345 e. The molecule has 2 N–H and O–H groups in total. The highest BCUT2D eigenvalue weighted by atomic mass is 19.2. The fourth-order valence-corrected chi connectivity index (χ4v) is 6.56. The summed E-state index contributed by atoms with van der Waals surface area (Å²) in [6.07, 6.45) is 4.65. The molecule has 9 nitrogen and oxygen atoms in total. The summed E-state index contributed by atoms with van der Waals surface area (Å²) in [5, 5.41) is 16.4. The monoisotopic (exact) mass is 619 g/mol. The number of aromatic nitrogens is 4. The van der Waals surface area contributed by atoms with Gasteiger partial charge in [0.15, 0.2) is 17.5 Å². The molecule has 3 aromatic rings. The van der Waals surface area contributed by atoms with Crippen LogP contribution in [0.2, 0.25) is 0 Å². The third-order valence-corrected chi connectivity index (χ3v) is 9.23. The Hall–Kier alpha value is -4.02. The number of amides is 2. The van der Waals surface area contributed by atoms with Gasteiger partial charge in [-0.25, -0.2) is 8.78 Å². The quantitative estimate of drug-likeness (QED) is 0.297. The van der Waals surface area contributed by atoms with E-state index in [0.29, 0.717) is 36.6 Å². The molecule has 0 saturated heterocycles. The molecule has 1 aliphatic heterocycles. The molecular weight excluding hydrogens is 576 g/mol. The molecule has 2 aliphatic rings. The third-order valence-electron chi connectivity index (χ3n) is 9.23. The number of nitrogens with one attached hydrogen (secondary N) is 2. The first-order valence-electron chi connectivity index (χ1n) is 15.7. The van der Waals surface area contributed by atoms with Crippen LogP contribution in [0.1, 0.15) is 113 Å². The van der Waals surface area contributed by atoms with Gasteiger partial charge in [-0.05, 0) is 91.2 Å². The van der Waals surface area contributed by atoms with Gasteiger partial charge in [0.1, 0.15) is 11.4 Å². The van der Waals surface area contributed by atoms with E-state index < -0.39 is 17.3 Å². The minimum atomic E-state index is -1.01. The number of hydrogen-bond acceptors (Lipinski definition) is 6. The van der Waals surface area contributed by atoms with Gasteiger partial charge in [0.05, 0.1) is 12.6 Å². The van der Waals surface area contributed by atoms with Crippen molar-refractivity contribution in [2.45, 2.75) is 98.3 Å². The van der Waals surface area contributed by atoms with E-state index in [9.17, 15) is 18.4 Å². The van der Waals surface area contributed by atoms with Crippen LogP contribution in [0.5, 0.6) is 0 Å². The Bertz CT molecular complexity index is 1550. The van der Waals surface area contributed by atoms with Gasteiger partial charge in [-0.3, -0.25) is 14.6 Å². The van der Waals surface area contributed by atoms with Crippen LogP contribution in [-0.4, -0.2) is 48.7 Å². The molecule has 0 bridgehead atoms. The maximum absolute atomic E-state index is 14.5. The number of aromatic amines is 1. The smallest absolute Gasteiger partial charge is 0.275 e. The van der Waals surface area contributed by atoms with Gasteiger partial charge in [0.25, 0.3) is 11.8 Å². The Labute approximate surface area is 263 Å². The van der Waals surface area contributed by atoms with Crippen molar-refractivity contribution in [1.82, 2.24) is 30.8 Å². The van der Waals surface area contributed by atoms with Crippen molar-refractivity contribution in [3.63, 3.8) is 0 Å². The van der Waals surface area contributed by atoms with Crippen molar-refractivity contribution in [3.05, 3.63) is 76.6 Å². The van der Waals surface area contributed by atoms with E-state index in [4.69, 9.17) is 4.99 Å². The Kier molecular flexibility index (Phi) is 8.92. The number of halogens is 2. The third kappa shape index (κ3) is 7.12. The number of carbonyl (C=O) groups is 2. The number of benzene rings is 2. The Morgan fingerprint density at radius 3 is 2.31 bits per heavy atom. The van der Waals surface area contributed by atoms with Crippen LogP contribution >= 0.6 is 0 Å². The van der Waals surface area contributed by atoms with Crippen molar-refractivity contribution < 1.29 is 18.4 Å². The van der Waals surface area contributed by atoms with E-state index in [1.807, 2.05) is 17.0 Å². The summed E-state index contributed by atoms with van der Waals surface area (Å²) in [5.41, 5.74) is 1.11. The van der Waals surface area contributed by atoms with Crippen molar-refractivity contribution in [2.75, 3.05) is 0 Å². The molecule has 1 fully saturated rings. The molecule has 45 heavy (non-hydrogen) atoms. The lowest BCUT2D eigenvalue weighted by atomic mass is 9.69. The average Bonchev–Trinajstić information content (AvgIpc) is 3.60. The standard InChI is InChI=1S/C34H43F2N7O2/c1-32(2,3)16-15-27(21-7-9-22(10-8-21)30(44)37-20-28-39-41-42-40-28)43-31(45)29(23-11-12-25(35)26(36)19-23)38-34(43)17-13-24(14-18-34)33(4,5)6/h7-12,19,24,27H,13-18,20H2,1-6H3,(H,37,44)(H,39,40,41,42)/t24?,27-,34?/m1/s1. The van der Waals surface area contributed by atoms with Gasteiger partial charge >= 0.3 is 0 Å². The normalized spacial score (nSPS) is 21.2. The number of hydrogen-bond donors (Lipinski definition) is 2. The topological polar surface area (TPSA) is 116 Å². The summed E-state index contributed by atoms with van der Waals surface area (Å²) in [4.78, 5) is 34.3. The van der Waals surface area contributed by atoms with Gasteiger partial charge in [0.2, 0.25) is 0 Å². The Morgan fingerprint density at radius 1 is 1.04 bits per heavy atom.